The quantitative estimate of drug-likeness (QED) is 0.182. The van der Waals surface area contributed by atoms with E-state index < -0.39 is 0 Å². The third-order valence-electron chi connectivity index (χ3n) is 6.43. The zero-order valence-corrected chi connectivity index (χ0v) is 23.7. The molecule has 40 heavy (non-hydrogen) atoms. The number of ether oxygens (including phenoxy) is 2. The molecule has 0 aliphatic carbocycles. The Kier molecular flexibility index (Phi) is 7.64. The van der Waals surface area contributed by atoms with Gasteiger partial charge in [-0.3, -0.25) is 4.98 Å². The summed E-state index contributed by atoms with van der Waals surface area (Å²) < 4.78 is 17.7. The molecular formula is C31H24ClN3O3S2. The van der Waals surface area contributed by atoms with Gasteiger partial charge in [0.25, 0.3) is 0 Å². The van der Waals surface area contributed by atoms with E-state index in [-0.39, 0.29) is 12.1 Å². The maximum absolute atomic E-state index is 6.40. The van der Waals surface area contributed by atoms with Crippen LogP contribution in [0.5, 0.6) is 17.2 Å². The molecule has 1 N–H and O–H groups in total. The van der Waals surface area contributed by atoms with E-state index in [1.54, 1.807) is 13.3 Å². The Morgan fingerprint density at radius 1 is 0.875 bits per heavy atom. The number of aromatic nitrogens is 1. The number of rotatable bonds is 8. The van der Waals surface area contributed by atoms with Gasteiger partial charge in [0, 0.05) is 21.8 Å². The van der Waals surface area contributed by atoms with E-state index in [1.807, 2.05) is 103 Å². The summed E-state index contributed by atoms with van der Waals surface area (Å²) >= 11 is 13.4. The van der Waals surface area contributed by atoms with Crippen molar-refractivity contribution in [2.45, 2.75) is 22.1 Å². The first-order valence-corrected chi connectivity index (χ1v) is 14.1. The van der Waals surface area contributed by atoms with Crippen molar-refractivity contribution in [3.63, 3.8) is 0 Å². The molecule has 1 saturated heterocycles. The highest BCUT2D eigenvalue weighted by Crippen LogP contribution is 2.44. The lowest BCUT2D eigenvalue weighted by molar-refractivity contribution is 0.383. The number of benzene rings is 3. The molecule has 0 amide bonds. The van der Waals surface area contributed by atoms with Crippen LogP contribution < -0.4 is 19.7 Å². The van der Waals surface area contributed by atoms with Crippen LogP contribution in [0.3, 0.4) is 0 Å². The van der Waals surface area contributed by atoms with Crippen LogP contribution in [0.15, 0.2) is 124 Å². The summed E-state index contributed by atoms with van der Waals surface area (Å²) in [6.45, 7) is 0. The van der Waals surface area contributed by atoms with E-state index in [9.17, 15) is 0 Å². The highest BCUT2D eigenvalue weighted by atomic mass is 35.5. The fraction of sp³-hybridized carbons (Fsp3) is 0.0968. The third-order valence-corrected chi connectivity index (χ3v) is 7.93. The average Bonchev–Trinajstić information content (AvgIpc) is 3.59. The van der Waals surface area contributed by atoms with E-state index in [4.69, 9.17) is 37.7 Å². The normalized spacial score (nSPS) is 16.6. The van der Waals surface area contributed by atoms with Crippen molar-refractivity contribution in [1.82, 2.24) is 10.3 Å². The molecule has 1 fully saturated rings. The zero-order chi connectivity index (χ0) is 27.5. The molecule has 6 rings (SSSR count). The maximum atomic E-state index is 6.40. The first-order valence-electron chi connectivity index (χ1n) is 12.5. The molecule has 9 heteroatoms. The SMILES string of the molecule is COc1ccc(Oc2ccc(N3C(=S)N[C@@H](c4ccccn4)[C@@H]3c3ccc(Sc4ccc(Cl)cc4)o3)cc2)cc1. The molecular weight excluding hydrogens is 562 g/mol. The smallest absolute Gasteiger partial charge is 0.174 e. The Morgan fingerprint density at radius 2 is 1.57 bits per heavy atom. The van der Waals surface area contributed by atoms with E-state index in [0.29, 0.717) is 15.9 Å². The lowest BCUT2D eigenvalue weighted by Gasteiger charge is -2.26. The van der Waals surface area contributed by atoms with Gasteiger partial charge in [-0.1, -0.05) is 29.4 Å². The standard InChI is InChI=1S/C31H24ClN3O3S2/c1-36-22-11-13-24(14-12-22)37-23-9-7-21(8-10-23)35-30(29(34-31(35)39)26-4-2-3-19-33-26)27-17-18-28(38-27)40-25-15-5-20(32)6-16-25/h2-19,29-30H,1H3,(H,34,39)/t29-,30-/m0/s1. The Hall–Kier alpha value is -3.98. The molecule has 3 heterocycles. The van der Waals surface area contributed by atoms with Gasteiger partial charge < -0.3 is 24.1 Å². The summed E-state index contributed by atoms with van der Waals surface area (Å²) in [5, 5.41) is 5.53. The van der Waals surface area contributed by atoms with E-state index in [2.05, 4.69) is 15.2 Å². The van der Waals surface area contributed by atoms with Crippen LogP contribution in [-0.4, -0.2) is 17.2 Å². The molecule has 1 aliphatic rings. The summed E-state index contributed by atoms with van der Waals surface area (Å²) in [5.41, 5.74) is 1.78. The number of thiocarbonyl (C=S) groups is 1. The Morgan fingerprint density at radius 3 is 2.25 bits per heavy atom. The zero-order valence-electron chi connectivity index (χ0n) is 21.4. The van der Waals surface area contributed by atoms with E-state index in [0.717, 1.165) is 38.6 Å². The van der Waals surface area contributed by atoms with E-state index >= 15 is 0 Å². The number of hydrogen-bond donors (Lipinski definition) is 1. The third kappa shape index (κ3) is 5.65. The summed E-state index contributed by atoms with van der Waals surface area (Å²) in [6, 6.07) is 32.4. The van der Waals surface area contributed by atoms with Gasteiger partial charge in [0.05, 0.1) is 18.8 Å². The maximum Gasteiger partial charge on any atom is 0.174 e. The Labute approximate surface area is 246 Å². The Bertz CT molecular complexity index is 1590. The molecule has 0 spiro atoms. The predicted molar refractivity (Wildman–Crippen MR) is 162 cm³/mol. The van der Waals surface area contributed by atoms with Crippen LogP contribution in [0.1, 0.15) is 23.5 Å². The molecule has 0 saturated carbocycles. The van der Waals surface area contributed by atoms with Crippen LogP contribution in [0.25, 0.3) is 0 Å². The molecule has 0 unspecified atom stereocenters. The van der Waals surface area contributed by atoms with Gasteiger partial charge in [0.2, 0.25) is 0 Å². The van der Waals surface area contributed by atoms with Crippen LogP contribution in [0.2, 0.25) is 5.02 Å². The molecule has 5 aromatic rings. The van der Waals surface area contributed by atoms with Crippen LogP contribution in [0.4, 0.5) is 5.69 Å². The number of methoxy groups -OCH3 is 1. The summed E-state index contributed by atoms with van der Waals surface area (Å²) in [4.78, 5) is 7.73. The van der Waals surface area contributed by atoms with Gasteiger partial charge in [-0.2, -0.15) is 0 Å². The van der Waals surface area contributed by atoms with Gasteiger partial charge in [0.15, 0.2) is 10.2 Å². The molecule has 2 atom stereocenters. The molecule has 1 aliphatic heterocycles. The lowest BCUT2D eigenvalue weighted by atomic mass is 10.0. The fourth-order valence-corrected chi connectivity index (χ4v) is 5.79. The monoisotopic (exact) mass is 585 g/mol. The first-order chi connectivity index (χ1) is 19.6. The van der Waals surface area contributed by atoms with Gasteiger partial charge in [-0.25, -0.2) is 0 Å². The summed E-state index contributed by atoms with van der Waals surface area (Å²) in [5.74, 6) is 2.99. The fourth-order valence-electron chi connectivity index (χ4n) is 4.54. The summed E-state index contributed by atoms with van der Waals surface area (Å²) in [6.07, 6.45) is 1.79. The second kappa shape index (κ2) is 11.6. The van der Waals surface area contributed by atoms with Crippen LogP contribution in [0, 0.1) is 0 Å². The van der Waals surface area contributed by atoms with Crippen molar-refractivity contribution in [3.8, 4) is 17.2 Å². The molecule has 3 aromatic carbocycles. The second-order valence-electron chi connectivity index (χ2n) is 8.98. The predicted octanol–water partition coefficient (Wildman–Crippen LogP) is 8.46. The number of nitrogens with zero attached hydrogens (tertiary/aromatic N) is 2. The van der Waals surface area contributed by atoms with Crippen molar-refractivity contribution in [1.29, 1.82) is 0 Å². The van der Waals surface area contributed by atoms with Crippen LogP contribution in [-0.2, 0) is 0 Å². The molecule has 200 valence electrons. The lowest BCUT2D eigenvalue weighted by Crippen LogP contribution is -2.29. The van der Waals surface area contributed by atoms with Gasteiger partial charge >= 0.3 is 0 Å². The van der Waals surface area contributed by atoms with Crippen molar-refractivity contribution in [3.05, 3.63) is 126 Å². The van der Waals surface area contributed by atoms with Crippen molar-refractivity contribution in [2.24, 2.45) is 0 Å². The van der Waals surface area contributed by atoms with Gasteiger partial charge in [-0.15, -0.1) is 0 Å². The molecule has 2 aromatic heterocycles. The van der Waals surface area contributed by atoms with Crippen molar-refractivity contribution < 1.29 is 13.9 Å². The molecule has 6 nitrogen and oxygen atoms in total. The number of hydrogen-bond acceptors (Lipinski definition) is 6. The largest absolute Gasteiger partial charge is 0.497 e. The van der Waals surface area contributed by atoms with Crippen molar-refractivity contribution in [2.75, 3.05) is 12.0 Å². The molecule has 0 bridgehead atoms. The molecule has 0 radical (unpaired) electrons. The highest BCUT2D eigenvalue weighted by molar-refractivity contribution is 7.99. The van der Waals surface area contributed by atoms with Crippen LogP contribution >= 0.6 is 35.6 Å². The van der Waals surface area contributed by atoms with Crippen molar-refractivity contribution >= 4 is 46.4 Å². The number of halogens is 1. The summed E-state index contributed by atoms with van der Waals surface area (Å²) in [7, 11) is 1.64. The topological polar surface area (TPSA) is 59.8 Å². The number of anilines is 1. The Balaban J connectivity index is 1.29. The highest BCUT2D eigenvalue weighted by Gasteiger charge is 2.42. The van der Waals surface area contributed by atoms with Gasteiger partial charge in [-0.05, 0) is 109 Å². The minimum absolute atomic E-state index is 0.205. The minimum Gasteiger partial charge on any atom is -0.497 e. The number of furan rings is 1. The minimum atomic E-state index is -0.254. The van der Waals surface area contributed by atoms with E-state index in [1.165, 1.54) is 11.8 Å². The average molecular weight is 586 g/mol. The van der Waals surface area contributed by atoms with Gasteiger partial charge in [0.1, 0.15) is 29.1 Å². The number of nitrogens with one attached hydrogen (secondary N) is 1. The number of pyridine rings is 1. The first kappa shape index (κ1) is 26.3. The second-order valence-corrected chi connectivity index (χ2v) is 10.9.